The molecule has 0 saturated carbocycles. The smallest absolute Gasteiger partial charge is 0.137 e. The maximum atomic E-state index is 10.3. The van der Waals surface area contributed by atoms with Gasteiger partial charge in [-0.3, -0.25) is 0 Å². The maximum Gasteiger partial charge on any atom is 0.137 e. The minimum absolute atomic E-state index is 0.369. The summed E-state index contributed by atoms with van der Waals surface area (Å²) in [5, 5.41) is 0. The van der Waals surface area contributed by atoms with Crippen LogP contribution in [0.2, 0.25) is 0 Å². The Balaban J connectivity index is 2.69. The molecule has 0 bridgehead atoms. The van der Waals surface area contributed by atoms with Gasteiger partial charge in [0.05, 0.1) is 6.04 Å². The Labute approximate surface area is 72.4 Å². The molecule has 0 aliphatic heterocycles. The Kier molecular flexibility index (Phi) is 3.00. The summed E-state index contributed by atoms with van der Waals surface area (Å²) in [6, 6.07) is 7.66. The molecule has 0 radical (unpaired) electrons. The molecule has 12 heavy (non-hydrogen) atoms. The van der Waals surface area contributed by atoms with Crippen molar-refractivity contribution in [2.24, 2.45) is 5.73 Å². The van der Waals surface area contributed by atoms with E-state index < -0.39 is 0 Å². The fourth-order valence-corrected chi connectivity index (χ4v) is 1.16. The van der Waals surface area contributed by atoms with Gasteiger partial charge in [-0.25, -0.2) is 0 Å². The number of benzene rings is 1. The predicted octanol–water partition coefficient (Wildman–Crippen LogP) is 1.06. The SMILES string of the molecule is Cc1cccc(C[C@H](N)C=O)c1. The molecule has 1 atom stereocenters. The van der Waals surface area contributed by atoms with Crippen LogP contribution in [-0.4, -0.2) is 12.3 Å². The highest BCUT2D eigenvalue weighted by molar-refractivity contribution is 5.57. The van der Waals surface area contributed by atoms with Crippen molar-refractivity contribution >= 4 is 6.29 Å². The summed E-state index contributed by atoms with van der Waals surface area (Å²) < 4.78 is 0. The highest BCUT2D eigenvalue weighted by atomic mass is 16.1. The topological polar surface area (TPSA) is 43.1 Å². The molecule has 0 aromatic heterocycles. The summed E-state index contributed by atoms with van der Waals surface area (Å²) in [6.45, 7) is 2.02. The standard InChI is InChI=1S/C10H13NO/c1-8-3-2-4-9(5-8)6-10(11)7-12/h2-5,7,10H,6,11H2,1H3/t10-/m0/s1. The van der Waals surface area contributed by atoms with Gasteiger partial charge >= 0.3 is 0 Å². The Morgan fingerprint density at radius 2 is 2.33 bits per heavy atom. The molecule has 2 nitrogen and oxygen atoms in total. The Bertz CT molecular complexity index is 270. The molecule has 64 valence electrons. The molecule has 2 N–H and O–H groups in total. The number of nitrogens with two attached hydrogens (primary N) is 1. The number of hydrogen-bond acceptors (Lipinski definition) is 2. The van der Waals surface area contributed by atoms with Crippen LogP contribution in [0.5, 0.6) is 0 Å². The largest absolute Gasteiger partial charge is 0.321 e. The van der Waals surface area contributed by atoms with Gasteiger partial charge in [-0.1, -0.05) is 29.8 Å². The van der Waals surface area contributed by atoms with Gasteiger partial charge in [0.2, 0.25) is 0 Å². The van der Waals surface area contributed by atoms with Gasteiger partial charge in [0, 0.05) is 0 Å². The minimum atomic E-state index is -0.369. The van der Waals surface area contributed by atoms with Gasteiger partial charge < -0.3 is 10.5 Å². The van der Waals surface area contributed by atoms with Crippen molar-refractivity contribution in [2.45, 2.75) is 19.4 Å². The quantitative estimate of drug-likeness (QED) is 0.677. The lowest BCUT2D eigenvalue weighted by atomic mass is 10.1. The molecule has 0 fully saturated rings. The van der Waals surface area contributed by atoms with Crippen LogP contribution in [0.15, 0.2) is 24.3 Å². The predicted molar refractivity (Wildman–Crippen MR) is 48.9 cm³/mol. The van der Waals surface area contributed by atoms with E-state index in [4.69, 9.17) is 5.73 Å². The average molecular weight is 163 g/mol. The van der Waals surface area contributed by atoms with E-state index in [0.29, 0.717) is 6.42 Å². The van der Waals surface area contributed by atoms with E-state index in [-0.39, 0.29) is 6.04 Å². The number of carbonyl (C=O) groups excluding carboxylic acids is 1. The Morgan fingerprint density at radius 3 is 2.92 bits per heavy atom. The van der Waals surface area contributed by atoms with E-state index in [1.165, 1.54) is 5.56 Å². The van der Waals surface area contributed by atoms with Crippen molar-refractivity contribution in [3.63, 3.8) is 0 Å². The van der Waals surface area contributed by atoms with Gasteiger partial charge in [0.1, 0.15) is 6.29 Å². The second kappa shape index (κ2) is 4.02. The van der Waals surface area contributed by atoms with Crippen LogP contribution in [0.3, 0.4) is 0 Å². The molecule has 0 aliphatic carbocycles. The molecule has 0 unspecified atom stereocenters. The van der Waals surface area contributed by atoms with Crippen LogP contribution in [0.25, 0.3) is 0 Å². The van der Waals surface area contributed by atoms with Crippen molar-refractivity contribution in [1.29, 1.82) is 0 Å². The van der Waals surface area contributed by atoms with Gasteiger partial charge in [-0.05, 0) is 18.9 Å². The molecule has 1 rings (SSSR count). The third-order valence-electron chi connectivity index (χ3n) is 1.73. The zero-order chi connectivity index (χ0) is 8.97. The summed E-state index contributed by atoms with van der Waals surface area (Å²) in [4.78, 5) is 10.3. The molecular formula is C10H13NO. The number of aldehydes is 1. The Morgan fingerprint density at radius 1 is 1.58 bits per heavy atom. The van der Waals surface area contributed by atoms with Crippen LogP contribution in [-0.2, 0) is 11.2 Å². The molecular weight excluding hydrogens is 150 g/mol. The number of rotatable bonds is 3. The second-order valence-corrected chi connectivity index (χ2v) is 2.99. The lowest BCUT2D eigenvalue weighted by Gasteiger charge is -2.04. The summed E-state index contributed by atoms with van der Waals surface area (Å²) in [5.41, 5.74) is 7.81. The van der Waals surface area contributed by atoms with Crippen LogP contribution in [0.4, 0.5) is 0 Å². The number of hydrogen-bond donors (Lipinski definition) is 1. The number of aryl methyl sites for hydroxylation is 1. The summed E-state index contributed by atoms with van der Waals surface area (Å²) in [7, 11) is 0. The average Bonchev–Trinajstić information content (AvgIpc) is 2.04. The first-order valence-electron chi connectivity index (χ1n) is 3.99. The molecule has 0 amide bonds. The zero-order valence-electron chi connectivity index (χ0n) is 7.16. The molecule has 1 aromatic rings. The fraction of sp³-hybridized carbons (Fsp3) is 0.300. The molecule has 0 saturated heterocycles. The van der Waals surface area contributed by atoms with Gasteiger partial charge in [0.25, 0.3) is 0 Å². The van der Waals surface area contributed by atoms with Crippen molar-refractivity contribution in [1.82, 2.24) is 0 Å². The third-order valence-corrected chi connectivity index (χ3v) is 1.73. The molecule has 1 aromatic carbocycles. The zero-order valence-corrected chi connectivity index (χ0v) is 7.16. The highest BCUT2D eigenvalue weighted by Crippen LogP contribution is 2.05. The lowest BCUT2D eigenvalue weighted by Crippen LogP contribution is -2.23. The first-order chi connectivity index (χ1) is 5.72. The third kappa shape index (κ3) is 2.47. The van der Waals surface area contributed by atoms with E-state index in [0.717, 1.165) is 11.8 Å². The molecule has 0 spiro atoms. The van der Waals surface area contributed by atoms with Crippen molar-refractivity contribution in [3.05, 3.63) is 35.4 Å². The summed E-state index contributed by atoms with van der Waals surface area (Å²) in [5.74, 6) is 0. The van der Waals surface area contributed by atoms with E-state index >= 15 is 0 Å². The van der Waals surface area contributed by atoms with E-state index in [1.807, 2.05) is 31.2 Å². The van der Waals surface area contributed by atoms with Crippen LogP contribution in [0.1, 0.15) is 11.1 Å². The van der Waals surface area contributed by atoms with E-state index in [2.05, 4.69) is 0 Å². The number of carbonyl (C=O) groups is 1. The van der Waals surface area contributed by atoms with Crippen molar-refractivity contribution < 1.29 is 4.79 Å². The van der Waals surface area contributed by atoms with E-state index in [9.17, 15) is 4.79 Å². The van der Waals surface area contributed by atoms with Crippen LogP contribution < -0.4 is 5.73 Å². The highest BCUT2D eigenvalue weighted by Gasteiger charge is 2.00. The van der Waals surface area contributed by atoms with Crippen molar-refractivity contribution in [2.75, 3.05) is 0 Å². The molecule has 2 heteroatoms. The lowest BCUT2D eigenvalue weighted by molar-refractivity contribution is -0.108. The minimum Gasteiger partial charge on any atom is -0.321 e. The first kappa shape index (κ1) is 8.94. The summed E-state index contributed by atoms with van der Waals surface area (Å²) in [6.07, 6.45) is 1.41. The fourth-order valence-electron chi connectivity index (χ4n) is 1.16. The molecule has 0 aliphatic rings. The normalized spacial score (nSPS) is 12.5. The van der Waals surface area contributed by atoms with E-state index in [1.54, 1.807) is 0 Å². The first-order valence-corrected chi connectivity index (χ1v) is 3.99. The Hall–Kier alpha value is -1.15. The van der Waals surface area contributed by atoms with Gasteiger partial charge in [-0.2, -0.15) is 0 Å². The molecule has 0 heterocycles. The van der Waals surface area contributed by atoms with Crippen molar-refractivity contribution in [3.8, 4) is 0 Å². The summed E-state index contributed by atoms with van der Waals surface area (Å²) >= 11 is 0. The second-order valence-electron chi connectivity index (χ2n) is 2.99. The van der Waals surface area contributed by atoms with Gasteiger partial charge in [0.15, 0.2) is 0 Å². The van der Waals surface area contributed by atoms with Crippen LogP contribution >= 0.6 is 0 Å². The van der Waals surface area contributed by atoms with Gasteiger partial charge in [-0.15, -0.1) is 0 Å². The maximum absolute atomic E-state index is 10.3. The monoisotopic (exact) mass is 163 g/mol. The van der Waals surface area contributed by atoms with Crippen LogP contribution in [0, 0.1) is 6.92 Å².